The SMILES string of the molecule is CCOc1cc(C(=S)N2CCC(C)CC2)cc(Br)c1OCC(=O)Nc1cccc(Cl)c1C. The van der Waals surface area contributed by atoms with Gasteiger partial charge in [0.25, 0.3) is 5.91 Å². The summed E-state index contributed by atoms with van der Waals surface area (Å²) < 4.78 is 12.4. The lowest BCUT2D eigenvalue weighted by atomic mass is 9.99. The summed E-state index contributed by atoms with van der Waals surface area (Å²) in [4.78, 5) is 15.5. The Balaban J connectivity index is 1.72. The number of thiocarbonyl (C=S) groups is 1. The van der Waals surface area contributed by atoms with Gasteiger partial charge in [-0.2, -0.15) is 0 Å². The van der Waals surface area contributed by atoms with E-state index in [1.54, 1.807) is 18.2 Å². The predicted octanol–water partition coefficient (Wildman–Crippen LogP) is 6.23. The average molecular weight is 540 g/mol. The first-order valence-electron chi connectivity index (χ1n) is 10.7. The maximum absolute atomic E-state index is 12.5. The molecule has 1 amide bonds. The molecular weight excluding hydrogens is 512 g/mol. The van der Waals surface area contributed by atoms with E-state index in [9.17, 15) is 4.79 Å². The molecule has 172 valence electrons. The van der Waals surface area contributed by atoms with Crippen LogP contribution in [0.2, 0.25) is 5.02 Å². The normalized spacial score (nSPS) is 14.2. The molecule has 1 N–H and O–H groups in total. The zero-order valence-electron chi connectivity index (χ0n) is 18.5. The van der Waals surface area contributed by atoms with Gasteiger partial charge in [0.05, 0.1) is 11.1 Å². The minimum absolute atomic E-state index is 0.168. The summed E-state index contributed by atoms with van der Waals surface area (Å²) in [7, 11) is 0. The number of nitrogens with one attached hydrogen (secondary N) is 1. The Labute approximate surface area is 208 Å². The Kier molecular flexibility index (Phi) is 8.79. The number of amides is 1. The molecule has 1 fully saturated rings. The van der Waals surface area contributed by atoms with E-state index in [0.29, 0.717) is 33.3 Å². The largest absolute Gasteiger partial charge is 0.490 e. The fourth-order valence-electron chi connectivity index (χ4n) is 3.56. The number of halogens is 2. The van der Waals surface area contributed by atoms with E-state index in [0.717, 1.165) is 48.0 Å². The smallest absolute Gasteiger partial charge is 0.262 e. The fraction of sp³-hybridized carbons (Fsp3) is 0.417. The van der Waals surface area contributed by atoms with E-state index < -0.39 is 0 Å². The third-order valence-corrected chi connectivity index (χ3v) is 7.01. The molecule has 5 nitrogen and oxygen atoms in total. The van der Waals surface area contributed by atoms with Crippen molar-refractivity contribution in [3.05, 3.63) is 51.0 Å². The summed E-state index contributed by atoms with van der Waals surface area (Å²) in [6.45, 7) is 8.26. The molecule has 1 aliphatic heterocycles. The Morgan fingerprint density at radius 3 is 2.69 bits per heavy atom. The molecule has 2 aromatic carbocycles. The molecule has 0 aromatic heterocycles. The van der Waals surface area contributed by atoms with Crippen molar-refractivity contribution in [3.63, 3.8) is 0 Å². The molecule has 0 atom stereocenters. The summed E-state index contributed by atoms with van der Waals surface area (Å²) in [6, 6.07) is 9.20. The highest BCUT2D eigenvalue weighted by Crippen LogP contribution is 2.38. The molecule has 1 aliphatic rings. The first-order valence-corrected chi connectivity index (χ1v) is 12.3. The molecule has 0 radical (unpaired) electrons. The molecule has 3 rings (SSSR count). The van der Waals surface area contributed by atoms with Crippen molar-refractivity contribution in [3.8, 4) is 11.5 Å². The van der Waals surface area contributed by atoms with Crippen molar-refractivity contribution >= 4 is 56.3 Å². The van der Waals surface area contributed by atoms with Crippen molar-refractivity contribution in [2.24, 2.45) is 5.92 Å². The van der Waals surface area contributed by atoms with Crippen molar-refractivity contribution in [2.75, 3.05) is 31.6 Å². The van der Waals surface area contributed by atoms with Crippen molar-refractivity contribution < 1.29 is 14.3 Å². The lowest BCUT2D eigenvalue weighted by molar-refractivity contribution is -0.118. The van der Waals surface area contributed by atoms with Crippen LogP contribution in [0, 0.1) is 12.8 Å². The molecule has 1 saturated heterocycles. The summed E-state index contributed by atoms with van der Waals surface area (Å²) >= 11 is 15.5. The standard InChI is InChI=1S/C24H28BrClN2O3S/c1-4-30-21-13-17(24(32)28-10-8-15(2)9-11-28)12-18(25)23(21)31-14-22(29)27-20-7-5-6-19(26)16(20)3/h5-7,12-13,15H,4,8-11,14H2,1-3H3,(H,27,29). The van der Waals surface area contributed by atoms with Gasteiger partial charge < -0.3 is 19.7 Å². The van der Waals surface area contributed by atoms with Crippen molar-refractivity contribution in [1.82, 2.24) is 4.90 Å². The van der Waals surface area contributed by atoms with Gasteiger partial charge in [0, 0.05) is 29.4 Å². The number of benzene rings is 2. The Bertz CT molecular complexity index is 993. The monoisotopic (exact) mass is 538 g/mol. The van der Waals surface area contributed by atoms with Gasteiger partial charge in [0.2, 0.25) is 0 Å². The Morgan fingerprint density at radius 1 is 1.28 bits per heavy atom. The third kappa shape index (κ3) is 6.15. The molecule has 2 aromatic rings. The van der Waals surface area contributed by atoms with Gasteiger partial charge in [-0.3, -0.25) is 4.79 Å². The van der Waals surface area contributed by atoms with Gasteiger partial charge in [-0.1, -0.05) is 36.8 Å². The lowest BCUT2D eigenvalue weighted by Crippen LogP contribution is -2.37. The van der Waals surface area contributed by atoms with E-state index in [1.807, 2.05) is 26.0 Å². The molecule has 0 unspecified atom stereocenters. The van der Waals surface area contributed by atoms with Crippen molar-refractivity contribution in [2.45, 2.75) is 33.6 Å². The van der Waals surface area contributed by atoms with Crippen molar-refractivity contribution in [1.29, 1.82) is 0 Å². The van der Waals surface area contributed by atoms with Crippen LogP contribution in [0.3, 0.4) is 0 Å². The number of piperidine rings is 1. The number of nitrogens with zero attached hydrogens (tertiary/aromatic N) is 1. The van der Waals surface area contributed by atoms with Crippen LogP contribution in [-0.4, -0.2) is 42.1 Å². The van der Waals surface area contributed by atoms with Crippen LogP contribution in [0.1, 0.15) is 37.8 Å². The van der Waals surface area contributed by atoms with E-state index in [4.69, 9.17) is 33.3 Å². The van der Waals surface area contributed by atoms with E-state index in [1.165, 1.54) is 0 Å². The quantitative estimate of drug-likeness (QED) is 0.423. The molecule has 0 aliphatic carbocycles. The van der Waals surface area contributed by atoms with E-state index >= 15 is 0 Å². The van der Waals surface area contributed by atoms with Gasteiger partial charge in [0.1, 0.15) is 4.99 Å². The van der Waals surface area contributed by atoms with Gasteiger partial charge >= 0.3 is 0 Å². The van der Waals surface area contributed by atoms with Crippen LogP contribution < -0.4 is 14.8 Å². The number of carbonyl (C=O) groups excluding carboxylic acids is 1. The topological polar surface area (TPSA) is 50.8 Å². The number of ether oxygens (including phenoxy) is 2. The van der Waals surface area contributed by atoms with E-state index in [-0.39, 0.29) is 12.5 Å². The average Bonchev–Trinajstić information content (AvgIpc) is 2.76. The van der Waals surface area contributed by atoms with Crippen LogP contribution in [0.15, 0.2) is 34.8 Å². The fourth-order valence-corrected chi connectivity index (χ4v) is 4.59. The highest BCUT2D eigenvalue weighted by Gasteiger charge is 2.22. The maximum atomic E-state index is 12.5. The summed E-state index contributed by atoms with van der Waals surface area (Å²) in [5, 5.41) is 3.43. The minimum Gasteiger partial charge on any atom is -0.490 e. The first-order chi connectivity index (χ1) is 15.3. The maximum Gasteiger partial charge on any atom is 0.262 e. The lowest BCUT2D eigenvalue weighted by Gasteiger charge is -2.32. The molecular formula is C24H28BrClN2O3S. The molecule has 8 heteroatoms. The highest BCUT2D eigenvalue weighted by molar-refractivity contribution is 9.10. The number of hydrogen-bond donors (Lipinski definition) is 1. The second kappa shape index (κ2) is 11.3. The molecule has 0 spiro atoms. The molecule has 0 saturated carbocycles. The van der Waals surface area contributed by atoms with Gasteiger partial charge in [-0.15, -0.1) is 0 Å². The number of rotatable bonds is 7. The summed E-state index contributed by atoms with van der Waals surface area (Å²) in [5.41, 5.74) is 2.37. The predicted molar refractivity (Wildman–Crippen MR) is 137 cm³/mol. The zero-order valence-corrected chi connectivity index (χ0v) is 21.7. The Hall–Kier alpha value is -1.83. The molecule has 32 heavy (non-hydrogen) atoms. The number of carbonyl (C=O) groups is 1. The number of likely N-dealkylation sites (tertiary alicyclic amines) is 1. The van der Waals surface area contributed by atoms with E-state index in [2.05, 4.69) is 33.1 Å². The first kappa shape index (κ1) is 24.8. The van der Waals surface area contributed by atoms with Crippen LogP contribution in [0.4, 0.5) is 5.69 Å². The molecule has 1 heterocycles. The minimum atomic E-state index is -0.285. The number of hydrogen-bond acceptors (Lipinski definition) is 4. The molecule has 0 bridgehead atoms. The van der Waals surface area contributed by atoms with Crippen LogP contribution >= 0.6 is 39.7 Å². The second-order valence-electron chi connectivity index (χ2n) is 7.94. The third-order valence-electron chi connectivity index (χ3n) is 5.52. The van der Waals surface area contributed by atoms with Crippen LogP contribution in [0.5, 0.6) is 11.5 Å². The number of anilines is 1. The summed E-state index contributed by atoms with van der Waals surface area (Å²) in [5.74, 6) is 1.48. The summed E-state index contributed by atoms with van der Waals surface area (Å²) in [6.07, 6.45) is 2.28. The Morgan fingerprint density at radius 2 is 2.00 bits per heavy atom. The second-order valence-corrected chi connectivity index (χ2v) is 9.59. The van der Waals surface area contributed by atoms with Crippen LogP contribution in [-0.2, 0) is 4.79 Å². The van der Waals surface area contributed by atoms with Crippen LogP contribution in [0.25, 0.3) is 0 Å². The highest BCUT2D eigenvalue weighted by atomic mass is 79.9. The van der Waals surface area contributed by atoms with Gasteiger partial charge in [0.15, 0.2) is 18.1 Å². The zero-order chi connectivity index (χ0) is 23.3. The van der Waals surface area contributed by atoms with Gasteiger partial charge in [-0.05, 0) is 78.4 Å². The van der Waals surface area contributed by atoms with Gasteiger partial charge in [-0.25, -0.2) is 0 Å².